The third-order valence-corrected chi connectivity index (χ3v) is 7.44. The van der Waals surface area contributed by atoms with Gasteiger partial charge in [-0.1, -0.05) is 30.2 Å². The number of hydrogen-bond donors (Lipinski definition) is 2. The van der Waals surface area contributed by atoms with Crippen LogP contribution in [0.1, 0.15) is 30.6 Å². The van der Waals surface area contributed by atoms with Crippen LogP contribution in [0.15, 0.2) is 36.4 Å². The molecule has 0 radical (unpaired) electrons. The lowest BCUT2D eigenvalue weighted by Gasteiger charge is -2.35. The molecule has 122 valence electrons. The summed E-state index contributed by atoms with van der Waals surface area (Å²) in [7, 11) is 0. The van der Waals surface area contributed by atoms with E-state index in [1.165, 1.54) is 16.2 Å². The number of benzene rings is 1. The van der Waals surface area contributed by atoms with E-state index in [4.69, 9.17) is 16.8 Å². The van der Waals surface area contributed by atoms with Crippen molar-refractivity contribution in [2.24, 2.45) is 0 Å². The molecular formula is C17H18ClNO2S2. The van der Waals surface area contributed by atoms with Crippen LogP contribution in [0.3, 0.4) is 0 Å². The van der Waals surface area contributed by atoms with Gasteiger partial charge in [0.15, 0.2) is 0 Å². The summed E-state index contributed by atoms with van der Waals surface area (Å²) in [6.07, 6.45) is 3.57. The number of thioether (sulfide) groups is 1. The van der Waals surface area contributed by atoms with Crippen molar-refractivity contribution in [1.29, 1.82) is 0 Å². The van der Waals surface area contributed by atoms with Gasteiger partial charge in [-0.15, -0.1) is 23.1 Å². The van der Waals surface area contributed by atoms with E-state index in [0.29, 0.717) is 6.42 Å². The first-order valence-corrected chi connectivity index (χ1v) is 9.74. The van der Waals surface area contributed by atoms with E-state index < -0.39 is 0 Å². The SMILES string of the molecule is O=C(CC1(c2ccc(-c3ccc(Cl)cc3)s2)CCCCS1)NO. The smallest absolute Gasteiger partial charge is 0.245 e. The molecule has 1 unspecified atom stereocenters. The Morgan fingerprint density at radius 2 is 2.00 bits per heavy atom. The fourth-order valence-corrected chi connectivity index (χ4v) is 5.95. The first-order valence-electron chi connectivity index (χ1n) is 7.56. The zero-order valence-electron chi connectivity index (χ0n) is 12.5. The van der Waals surface area contributed by atoms with Crippen molar-refractivity contribution in [2.45, 2.75) is 30.4 Å². The van der Waals surface area contributed by atoms with Crippen LogP contribution in [0, 0.1) is 0 Å². The van der Waals surface area contributed by atoms with Crippen LogP contribution < -0.4 is 5.48 Å². The Kier molecular flexibility index (Phi) is 5.31. The normalized spacial score (nSPS) is 21.1. The summed E-state index contributed by atoms with van der Waals surface area (Å²) >= 11 is 9.51. The molecule has 1 aliphatic rings. The van der Waals surface area contributed by atoms with Crippen molar-refractivity contribution >= 4 is 40.6 Å². The summed E-state index contributed by atoms with van der Waals surface area (Å²) in [5.41, 5.74) is 2.92. The second-order valence-electron chi connectivity index (χ2n) is 5.68. The summed E-state index contributed by atoms with van der Waals surface area (Å²) in [4.78, 5) is 14.2. The molecule has 2 aromatic rings. The number of thiophene rings is 1. The zero-order chi connectivity index (χ0) is 16.3. The molecule has 0 aliphatic carbocycles. The zero-order valence-corrected chi connectivity index (χ0v) is 14.9. The molecule has 1 atom stereocenters. The van der Waals surface area contributed by atoms with Crippen LogP contribution in [0.4, 0.5) is 0 Å². The number of hydrogen-bond acceptors (Lipinski definition) is 4. The van der Waals surface area contributed by atoms with Gasteiger partial charge >= 0.3 is 0 Å². The van der Waals surface area contributed by atoms with Crippen LogP contribution in [0.5, 0.6) is 0 Å². The van der Waals surface area contributed by atoms with Crippen LogP contribution in [-0.4, -0.2) is 16.9 Å². The molecule has 3 rings (SSSR count). The summed E-state index contributed by atoms with van der Waals surface area (Å²) < 4.78 is -0.222. The van der Waals surface area contributed by atoms with Gasteiger partial charge in [0.05, 0.1) is 4.75 Å². The average molecular weight is 368 g/mol. The van der Waals surface area contributed by atoms with E-state index in [0.717, 1.165) is 29.2 Å². The maximum absolute atomic E-state index is 11.8. The Balaban J connectivity index is 1.91. The van der Waals surface area contributed by atoms with Crippen molar-refractivity contribution in [2.75, 3.05) is 5.75 Å². The molecule has 1 aromatic carbocycles. The quantitative estimate of drug-likeness (QED) is 0.585. The van der Waals surface area contributed by atoms with Crippen LogP contribution >= 0.6 is 34.7 Å². The molecule has 0 bridgehead atoms. The van der Waals surface area contributed by atoms with Gasteiger partial charge in [0.25, 0.3) is 0 Å². The fraction of sp³-hybridized carbons (Fsp3) is 0.353. The second-order valence-corrected chi connectivity index (χ2v) is 8.68. The van der Waals surface area contributed by atoms with E-state index in [1.54, 1.807) is 16.8 Å². The Bertz CT molecular complexity index is 678. The fourth-order valence-electron chi connectivity index (χ4n) is 2.92. The van der Waals surface area contributed by atoms with Crippen LogP contribution in [0.25, 0.3) is 10.4 Å². The molecule has 0 spiro atoms. The van der Waals surface area contributed by atoms with Crippen molar-refractivity contribution in [3.63, 3.8) is 0 Å². The first kappa shape index (κ1) is 16.8. The van der Waals surface area contributed by atoms with Gasteiger partial charge in [-0.2, -0.15) is 0 Å². The van der Waals surface area contributed by atoms with Gasteiger partial charge in [-0.3, -0.25) is 10.0 Å². The summed E-state index contributed by atoms with van der Waals surface area (Å²) in [5, 5.41) is 9.64. The molecule has 2 heterocycles. The van der Waals surface area contributed by atoms with Gasteiger partial charge < -0.3 is 0 Å². The highest BCUT2D eigenvalue weighted by Gasteiger charge is 2.38. The second kappa shape index (κ2) is 7.26. The lowest BCUT2D eigenvalue weighted by Crippen LogP contribution is -2.32. The van der Waals surface area contributed by atoms with Crippen molar-refractivity contribution in [3.05, 3.63) is 46.3 Å². The summed E-state index contributed by atoms with van der Waals surface area (Å²) in [6, 6.07) is 12.0. The minimum Gasteiger partial charge on any atom is -0.289 e. The molecule has 1 aromatic heterocycles. The van der Waals surface area contributed by atoms with Crippen molar-refractivity contribution < 1.29 is 10.0 Å². The third-order valence-electron chi connectivity index (χ3n) is 4.11. The van der Waals surface area contributed by atoms with E-state index in [2.05, 4.69) is 12.1 Å². The maximum atomic E-state index is 11.8. The van der Waals surface area contributed by atoms with Gasteiger partial charge in [0.1, 0.15) is 0 Å². The number of carbonyl (C=O) groups excluding carboxylic acids is 1. The number of nitrogens with one attached hydrogen (secondary N) is 1. The molecule has 0 saturated carbocycles. The number of carbonyl (C=O) groups is 1. The van der Waals surface area contributed by atoms with E-state index in [9.17, 15) is 4.79 Å². The van der Waals surface area contributed by atoms with Gasteiger partial charge in [-0.05, 0) is 48.4 Å². The Hall–Kier alpha value is -1.01. The molecule has 2 N–H and O–H groups in total. The minimum absolute atomic E-state index is 0.222. The highest BCUT2D eigenvalue weighted by Crippen LogP contribution is 2.50. The Labute approximate surface area is 149 Å². The van der Waals surface area contributed by atoms with E-state index >= 15 is 0 Å². The highest BCUT2D eigenvalue weighted by molar-refractivity contribution is 8.00. The number of halogens is 1. The lowest BCUT2D eigenvalue weighted by atomic mass is 9.94. The number of hydroxylamine groups is 1. The lowest BCUT2D eigenvalue weighted by molar-refractivity contribution is -0.129. The van der Waals surface area contributed by atoms with E-state index in [1.807, 2.05) is 36.0 Å². The predicted molar refractivity (Wildman–Crippen MR) is 97.3 cm³/mol. The average Bonchev–Trinajstić information content (AvgIpc) is 3.07. The summed E-state index contributed by atoms with van der Waals surface area (Å²) in [6.45, 7) is 0. The molecule has 1 aliphatic heterocycles. The van der Waals surface area contributed by atoms with Crippen LogP contribution in [0.2, 0.25) is 5.02 Å². The molecule has 1 fully saturated rings. The van der Waals surface area contributed by atoms with Crippen molar-refractivity contribution in [1.82, 2.24) is 5.48 Å². The van der Waals surface area contributed by atoms with Gasteiger partial charge in [0.2, 0.25) is 5.91 Å². The van der Waals surface area contributed by atoms with Gasteiger partial charge in [-0.25, -0.2) is 5.48 Å². The maximum Gasteiger partial charge on any atom is 0.245 e. The Morgan fingerprint density at radius 3 is 2.65 bits per heavy atom. The number of rotatable bonds is 4. The summed E-state index contributed by atoms with van der Waals surface area (Å²) in [5.74, 6) is 0.730. The first-order chi connectivity index (χ1) is 11.1. The topological polar surface area (TPSA) is 49.3 Å². The predicted octanol–water partition coefficient (Wildman–Crippen LogP) is 5.08. The molecule has 1 saturated heterocycles. The van der Waals surface area contributed by atoms with Crippen LogP contribution in [-0.2, 0) is 9.54 Å². The van der Waals surface area contributed by atoms with Crippen molar-refractivity contribution in [3.8, 4) is 10.4 Å². The molecule has 23 heavy (non-hydrogen) atoms. The minimum atomic E-state index is -0.319. The largest absolute Gasteiger partial charge is 0.289 e. The monoisotopic (exact) mass is 367 g/mol. The molecule has 6 heteroatoms. The molecule has 3 nitrogen and oxygen atoms in total. The highest BCUT2D eigenvalue weighted by atomic mass is 35.5. The Morgan fingerprint density at radius 1 is 1.22 bits per heavy atom. The van der Waals surface area contributed by atoms with Gasteiger partial charge in [0, 0.05) is 21.2 Å². The molecule has 1 amide bonds. The van der Waals surface area contributed by atoms with E-state index in [-0.39, 0.29) is 10.7 Å². The molecular weight excluding hydrogens is 350 g/mol. The third kappa shape index (κ3) is 3.74. The number of amides is 1. The standard InChI is InChI=1S/C17H18ClNO2S2/c18-13-5-3-12(4-6-13)14-7-8-15(23-14)17(11-16(20)19-21)9-1-2-10-22-17/h3-8,21H,1-2,9-11H2,(H,19,20).